The summed E-state index contributed by atoms with van der Waals surface area (Å²) in [6.45, 7) is 2.11. The first-order chi connectivity index (χ1) is 6.33. The van der Waals surface area contributed by atoms with Gasteiger partial charge >= 0.3 is 0 Å². The van der Waals surface area contributed by atoms with Crippen LogP contribution in [0.4, 0.5) is 0 Å². The molecule has 0 amide bonds. The van der Waals surface area contributed by atoms with Gasteiger partial charge in [-0.2, -0.15) is 0 Å². The molecule has 1 aromatic rings. The molecule has 68 valence electrons. The number of hydrogen-bond acceptors (Lipinski definition) is 2. The number of oxime groups is 1. The largest absolute Gasteiger partial charge is 0.411 e. The molecule has 0 saturated heterocycles. The molecule has 2 rings (SSSR count). The fraction of sp³-hybridized carbons (Fsp3) is 0.364. The molecule has 0 saturated carbocycles. The van der Waals surface area contributed by atoms with Crippen LogP contribution in [0.15, 0.2) is 23.4 Å². The quantitative estimate of drug-likeness (QED) is 0.477. The smallest absolute Gasteiger partial charge is 0.0870 e. The molecule has 0 fully saturated rings. The summed E-state index contributed by atoms with van der Waals surface area (Å²) in [6, 6.07) is 6.17. The van der Waals surface area contributed by atoms with Gasteiger partial charge in [-0.3, -0.25) is 0 Å². The van der Waals surface area contributed by atoms with Gasteiger partial charge in [-0.15, -0.1) is 0 Å². The van der Waals surface area contributed by atoms with Crippen molar-refractivity contribution in [3.63, 3.8) is 0 Å². The average Bonchev–Trinajstić information content (AvgIpc) is 2.18. The zero-order valence-electron chi connectivity index (χ0n) is 7.75. The van der Waals surface area contributed by atoms with E-state index in [1.807, 2.05) is 12.1 Å². The molecule has 0 bridgehead atoms. The first-order valence-corrected chi connectivity index (χ1v) is 4.62. The minimum atomic E-state index is 0.838. The third-order valence-corrected chi connectivity index (χ3v) is 2.68. The predicted molar refractivity (Wildman–Crippen MR) is 52.4 cm³/mol. The maximum absolute atomic E-state index is 8.82. The third kappa shape index (κ3) is 1.32. The standard InChI is InChI=1S/C11H13NO/c1-8-4-2-6-10-9(8)5-3-7-11(10)12-13/h2,4,6,13H,3,5,7H2,1H3/b12-11+. The van der Waals surface area contributed by atoms with Gasteiger partial charge in [0, 0.05) is 5.56 Å². The number of fused-ring (bicyclic) bond motifs is 1. The molecule has 1 aliphatic carbocycles. The average molecular weight is 175 g/mol. The molecular weight excluding hydrogens is 162 g/mol. The van der Waals surface area contributed by atoms with E-state index < -0.39 is 0 Å². The van der Waals surface area contributed by atoms with E-state index in [9.17, 15) is 0 Å². The lowest BCUT2D eigenvalue weighted by Crippen LogP contribution is -2.12. The normalized spacial score (nSPS) is 18.7. The fourth-order valence-electron chi connectivity index (χ4n) is 1.98. The number of hydrogen-bond donors (Lipinski definition) is 1. The van der Waals surface area contributed by atoms with Gasteiger partial charge < -0.3 is 5.21 Å². The zero-order valence-corrected chi connectivity index (χ0v) is 7.75. The number of rotatable bonds is 0. The van der Waals surface area contributed by atoms with E-state index in [1.54, 1.807) is 0 Å². The van der Waals surface area contributed by atoms with Gasteiger partial charge in [0.1, 0.15) is 0 Å². The van der Waals surface area contributed by atoms with Crippen molar-refractivity contribution in [2.45, 2.75) is 26.2 Å². The number of nitrogens with zero attached hydrogens (tertiary/aromatic N) is 1. The van der Waals surface area contributed by atoms with E-state index in [-0.39, 0.29) is 0 Å². The van der Waals surface area contributed by atoms with Gasteiger partial charge in [-0.1, -0.05) is 23.4 Å². The van der Waals surface area contributed by atoms with Gasteiger partial charge in [0.2, 0.25) is 0 Å². The maximum Gasteiger partial charge on any atom is 0.0870 e. The molecule has 0 atom stereocenters. The first-order valence-electron chi connectivity index (χ1n) is 4.62. The SMILES string of the molecule is Cc1cccc2c1CCC/C2=N\O. The Hall–Kier alpha value is -1.31. The van der Waals surface area contributed by atoms with Crippen molar-refractivity contribution in [2.24, 2.45) is 5.16 Å². The minimum absolute atomic E-state index is 0.838. The van der Waals surface area contributed by atoms with Crippen LogP contribution in [0.2, 0.25) is 0 Å². The summed E-state index contributed by atoms with van der Waals surface area (Å²) in [5, 5.41) is 12.2. The lowest BCUT2D eigenvalue weighted by atomic mass is 9.87. The van der Waals surface area contributed by atoms with Crippen molar-refractivity contribution in [1.82, 2.24) is 0 Å². The van der Waals surface area contributed by atoms with Crippen molar-refractivity contribution < 1.29 is 5.21 Å². The molecule has 1 aliphatic rings. The molecule has 1 aromatic carbocycles. The lowest BCUT2D eigenvalue weighted by molar-refractivity contribution is 0.317. The van der Waals surface area contributed by atoms with Gasteiger partial charge in [0.05, 0.1) is 5.71 Å². The van der Waals surface area contributed by atoms with Crippen molar-refractivity contribution in [1.29, 1.82) is 0 Å². The van der Waals surface area contributed by atoms with Gasteiger partial charge in [0.25, 0.3) is 0 Å². The van der Waals surface area contributed by atoms with Crippen LogP contribution >= 0.6 is 0 Å². The predicted octanol–water partition coefficient (Wildman–Crippen LogP) is 2.51. The summed E-state index contributed by atoms with van der Waals surface area (Å²) in [5.41, 5.74) is 4.62. The van der Waals surface area contributed by atoms with Crippen LogP contribution < -0.4 is 0 Å². The van der Waals surface area contributed by atoms with Gasteiger partial charge in [-0.25, -0.2) is 0 Å². The van der Waals surface area contributed by atoms with Crippen LogP contribution in [0.25, 0.3) is 0 Å². The van der Waals surface area contributed by atoms with Crippen molar-refractivity contribution in [3.8, 4) is 0 Å². The van der Waals surface area contributed by atoms with Crippen LogP contribution in [-0.4, -0.2) is 10.9 Å². The minimum Gasteiger partial charge on any atom is -0.411 e. The fourth-order valence-corrected chi connectivity index (χ4v) is 1.98. The van der Waals surface area contributed by atoms with Crippen LogP contribution in [0.5, 0.6) is 0 Å². The second-order valence-corrected chi connectivity index (χ2v) is 3.50. The molecule has 1 N–H and O–H groups in total. The molecule has 2 heteroatoms. The Morgan fingerprint density at radius 1 is 1.31 bits per heavy atom. The van der Waals surface area contributed by atoms with Gasteiger partial charge in [0.15, 0.2) is 0 Å². The molecule has 2 nitrogen and oxygen atoms in total. The molecule has 13 heavy (non-hydrogen) atoms. The lowest BCUT2D eigenvalue weighted by Gasteiger charge is -2.18. The monoisotopic (exact) mass is 175 g/mol. The van der Waals surface area contributed by atoms with Crippen LogP contribution in [0, 0.1) is 6.92 Å². The second-order valence-electron chi connectivity index (χ2n) is 3.50. The molecular formula is C11H13NO. The Morgan fingerprint density at radius 3 is 2.92 bits per heavy atom. The first kappa shape index (κ1) is 8.30. The second kappa shape index (κ2) is 3.21. The highest BCUT2D eigenvalue weighted by atomic mass is 16.4. The Morgan fingerprint density at radius 2 is 2.15 bits per heavy atom. The Kier molecular flexibility index (Phi) is 2.05. The van der Waals surface area contributed by atoms with Crippen LogP contribution in [0.1, 0.15) is 29.5 Å². The summed E-state index contributed by atoms with van der Waals surface area (Å²) >= 11 is 0. The Labute approximate surface area is 77.9 Å². The van der Waals surface area contributed by atoms with Crippen molar-refractivity contribution in [3.05, 3.63) is 34.9 Å². The van der Waals surface area contributed by atoms with Crippen LogP contribution in [0.3, 0.4) is 0 Å². The van der Waals surface area contributed by atoms with Crippen molar-refractivity contribution >= 4 is 5.71 Å². The van der Waals surface area contributed by atoms with E-state index in [0.29, 0.717) is 0 Å². The molecule has 0 aromatic heterocycles. The highest BCUT2D eigenvalue weighted by Crippen LogP contribution is 2.24. The van der Waals surface area contributed by atoms with Gasteiger partial charge in [-0.05, 0) is 37.3 Å². The van der Waals surface area contributed by atoms with E-state index in [0.717, 1.165) is 30.5 Å². The highest BCUT2D eigenvalue weighted by Gasteiger charge is 2.16. The van der Waals surface area contributed by atoms with Crippen molar-refractivity contribution in [2.75, 3.05) is 0 Å². The molecule has 0 aliphatic heterocycles. The van der Waals surface area contributed by atoms with Crippen LogP contribution in [-0.2, 0) is 6.42 Å². The molecule has 0 spiro atoms. The third-order valence-electron chi connectivity index (χ3n) is 2.68. The summed E-state index contributed by atoms with van der Waals surface area (Å²) < 4.78 is 0. The summed E-state index contributed by atoms with van der Waals surface area (Å²) in [6.07, 6.45) is 3.10. The summed E-state index contributed by atoms with van der Waals surface area (Å²) in [4.78, 5) is 0. The van der Waals surface area contributed by atoms with E-state index in [2.05, 4.69) is 18.1 Å². The zero-order chi connectivity index (χ0) is 9.26. The maximum atomic E-state index is 8.82. The summed E-state index contributed by atoms with van der Waals surface area (Å²) in [5.74, 6) is 0. The topological polar surface area (TPSA) is 32.6 Å². The number of aryl methyl sites for hydroxylation is 1. The molecule has 0 unspecified atom stereocenters. The molecule has 0 radical (unpaired) electrons. The van der Waals surface area contributed by atoms with E-state index in [4.69, 9.17) is 5.21 Å². The molecule has 0 heterocycles. The highest BCUT2D eigenvalue weighted by molar-refractivity contribution is 6.02. The van der Waals surface area contributed by atoms with E-state index >= 15 is 0 Å². The summed E-state index contributed by atoms with van der Waals surface area (Å²) in [7, 11) is 0. The Balaban J connectivity index is 2.58. The van der Waals surface area contributed by atoms with E-state index in [1.165, 1.54) is 11.1 Å². The number of benzene rings is 1. The Bertz CT molecular complexity index is 355.